The second kappa shape index (κ2) is 4.43. The van der Waals surface area contributed by atoms with Gasteiger partial charge in [-0.3, -0.25) is 4.79 Å². The van der Waals surface area contributed by atoms with Crippen molar-refractivity contribution < 1.29 is 14.3 Å². The first-order valence-corrected chi connectivity index (χ1v) is 7.97. The molecule has 0 spiro atoms. The van der Waals surface area contributed by atoms with Crippen LogP contribution in [0, 0.1) is 11.3 Å². The Hall–Kier alpha value is -0.650. The van der Waals surface area contributed by atoms with E-state index in [2.05, 4.69) is 13.8 Å². The number of ether oxygens (including phenoxy) is 2. The highest BCUT2D eigenvalue weighted by Gasteiger charge is 2.72. The topological polar surface area (TPSA) is 64.8 Å². The largest absolute Gasteiger partial charge is 0.377 e. The third-order valence-electron chi connectivity index (χ3n) is 5.66. The molecule has 4 unspecified atom stereocenters. The lowest BCUT2D eigenvalue weighted by Gasteiger charge is -2.62. The molecular formula is C16H28N2O3. The van der Waals surface area contributed by atoms with Crippen molar-refractivity contribution in [3.8, 4) is 0 Å². The molecule has 0 aromatic carbocycles. The minimum absolute atomic E-state index is 0.0418. The zero-order valence-electron chi connectivity index (χ0n) is 13.8. The SMILES string of the molecule is CC1CN(C(=O)C2(N)C3CCOC3C2(C)C)CC(C)(C)O1. The highest BCUT2D eigenvalue weighted by atomic mass is 16.5. The molecule has 2 saturated heterocycles. The van der Waals surface area contributed by atoms with E-state index in [0.29, 0.717) is 13.1 Å². The van der Waals surface area contributed by atoms with Gasteiger partial charge in [-0.15, -0.1) is 0 Å². The Kier molecular flexibility index (Phi) is 3.22. The predicted molar refractivity (Wildman–Crippen MR) is 79.8 cm³/mol. The van der Waals surface area contributed by atoms with Crippen LogP contribution in [0.2, 0.25) is 0 Å². The van der Waals surface area contributed by atoms with Crippen molar-refractivity contribution in [2.24, 2.45) is 17.1 Å². The predicted octanol–water partition coefficient (Wildman–Crippen LogP) is 1.15. The molecule has 3 rings (SSSR count). The van der Waals surface area contributed by atoms with Crippen LogP contribution in [0.5, 0.6) is 0 Å². The fraction of sp³-hybridized carbons (Fsp3) is 0.938. The van der Waals surface area contributed by atoms with E-state index in [1.165, 1.54) is 0 Å². The van der Waals surface area contributed by atoms with E-state index < -0.39 is 5.54 Å². The summed E-state index contributed by atoms with van der Waals surface area (Å²) in [5.74, 6) is 0.226. The van der Waals surface area contributed by atoms with Crippen LogP contribution in [-0.2, 0) is 14.3 Å². The van der Waals surface area contributed by atoms with Gasteiger partial charge in [-0.1, -0.05) is 13.8 Å². The summed E-state index contributed by atoms with van der Waals surface area (Å²) in [6.45, 7) is 12.1. The number of nitrogens with two attached hydrogens (primary N) is 1. The summed E-state index contributed by atoms with van der Waals surface area (Å²) >= 11 is 0. The number of carbonyl (C=O) groups is 1. The number of rotatable bonds is 1. The zero-order valence-corrected chi connectivity index (χ0v) is 13.8. The lowest BCUT2D eigenvalue weighted by molar-refractivity contribution is -0.197. The van der Waals surface area contributed by atoms with Crippen LogP contribution in [0.4, 0.5) is 0 Å². The van der Waals surface area contributed by atoms with Crippen LogP contribution in [0.15, 0.2) is 0 Å². The molecular weight excluding hydrogens is 268 g/mol. The van der Waals surface area contributed by atoms with E-state index in [4.69, 9.17) is 15.2 Å². The highest BCUT2D eigenvalue weighted by molar-refractivity contribution is 5.89. The average molecular weight is 296 g/mol. The molecule has 1 amide bonds. The van der Waals surface area contributed by atoms with Gasteiger partial charge in [0.1, 0.15) is 5.54 Å². The second-order valence-corrected chi connectivity index (χ2v) is 8.15. The van der Waals surface area contributed by atoms with E-state index in [-0.39, 0.29) is 35.0 Å². The Morgan fingerprint density at radius 3 is 2.57 bits per heavy atom. The van der Waals surface area contributed by atoms with E-state index in [1.807, 2.05) is 25.7 Å². The maximum atomic E-state index is 13.2. The van der Waals surface area contributed by atoms with Crippen molar-refractivity contribution >= 4 is 5.91 Å². The molecule has 0 radical (unpaired) electrons. The van der Waals surface area contributed by atoms with Gasteiger partial charge >= 0.3 is 0 Å². The fourth-order valence-corrected chi connectivity index (χ4v) is 4.69. The summed E-state index contributed by atoms with van der Waals surface area (Å²) in [5.41, 5.74) is 5.23. The molecule has 2 aliphatic heterocycles. The van der Waals surface area contributed by atoms with Gasteiger partial charge in [0.05, 0.1) is 17.8 Å². The first-order chi connectivity index (χ1) is 9.59. The molecule has 0 bridgehead atoms. The molecule has 5 nitrogen and oxygen atoms in total. The van der Waals surface area contributed by atoms with Gasteiger partial charge in [-0.2, -0.15) is 0 Å². The van der Waals surface area contributed by atoms with Crippen LogP contribution in [0.3, 0.4) is 0 Å². The molecule has 2 N–H and O–H groups in total. The van der Waals surface area contributed by atoms with E-state index in [9.17, 15) is 4.79 Å². The van der Waals surface area contributed by atoms with E-state index in [1.54, 1.807) is 0 Å². The number of hydrogen-bond acceptors (Lipinski definition) is 4. The third kappa shape index (κ3) is 1.97. The maximum absolute atomic E-state index is 13.2. The molecule has 1 aliphatic carbocycles. The minimum atomic E-state index is -0.804. The monoisotopic (exact) mass is 296 g/mol. The Balaban J connectivity index is 1.84. The first kappa shape index (κ1) is 15.3. The van der Waals surface area contributed by atoms with Gasteiger partial charge in [0, 0.05) is 31.0 Å². The van der Waals surface area contributed by atoms with Crippen LogP contribution >= 0.6 is 0 Å². The van der Waals surface area contributed by atoms with Gasteiger partial charge in [-0.25, -0.2) is 0 Å². The highest BCUT2D eigenvalue weighted by Crippen LogP contribution is 2.58. The average Bonchev–Trinajstić information content (AvgIpc) is 2.82. The van der Waals surface area contributed by atoms with Crippen molar-refractivity contribution in [2.75, 3.05) is 19.7 Å². The Morgan fingerprint density at radius 2 is 1.95 bits per heavy atom. The van der Waals surface area contributed by atoms with Gasteiger partial charge < -0.3 is 20.1 Å². The van der Waals surface area contributed by atoms with Crippen LogP contribution in [-0.4, -0.2) is 53.9 Å². The molecule has 1 saturated carbocycles. The first-order valence-electron chi connectivity index (χ1n) is 7.97. The van der Waals surface area contributed by atoms with Crippen molar-refractivity contribution in [1.29, 1.82) is 0 Å². The lowest BCUT2D eigenvalue weighted by atomic mass is 9.47. The van der Waals surface area contributed by atoms with Gasteiger partial charge in [0.15, 0.2) is 0 Å². The van der Waals surface area contributed by atoms with E-state index >= 15 is 0 Å². The normalized spacial score (nSPS) is 44.1. The van der Waals surface area contributed by atoms with E-state index in [0.717, 1.165) is 13.0 Å². The van der Waals surface area contributed by atoms with Crippen molar-refractivity contribution in [2.45, 2.75) is 64.4 Å². The van der Waals surface area contributed by atoms with Gasteiger partial charge in [0.2, 0.25) is 5.91 Å². The molecule has 5 heteroatoms. The summed E-state index contributed by atoms with van der Waals surface area (Å²) in [6.07, 6.45) is 1.05. The Bertz CT molecular complexity index is 462. The smallest absolute Gasteiger partial charge is 0.243 e. The molecule has 21 heavy (non-hydrogen) atoms. The van der Waals surface area contributed by atoms with Crippen molar-refractivity contribution in [3.05, 3.63) is 0 Å². The molecule has 4 atom stereocenters. The van der Waals surface area contributed by atoms with Crippen LogP contribution < -0.4 is 5.73 Å². The summed E-state index contributed by atoms with van der Waals surface area (Å²) in [5, 5.41) is 0. The summed E-state index contributed by atoms with van der Waals surface area (Å²) < 4.78 is 11.7. The summed E-state index contributed by atoms with van der Waals surface area (Å²) in [4.78, 5) is 15.1. The quantitative estimate of drug-likeness (QED) is 0.788. The number of nitrogens with zero attached hydrogens (tertiary/aromatic N) is 1. The number of amides is 1. The molecule has 3 fully saturated rings. The second-order valence-electron chi connectivity index (χ2n) is 8.15. The number of hydrogen-bond donors (Lipinski definition) is 1. The third-order valence-corrected chi connectivity index (χ3v) is 5.66. The molecule has 120 valence electrons. The standard InChI is InChI=1S/C16H28N2O3/c1-10-8-18(9-14(2,3)21-10)13(19)16(17)11-6-7-20-12(11)15(16,4)5/h10-12H,6-9,17H2,1-5H3. The number of morpholine rings is 1. The molecule has 3 aliphatic rings. The minimum Gasteiger partial charge on any atom is -0.377 e. The fourth-order valence-electron chi connectivity index (χ4n) is 4.69. The molecule has 0 aromatic rings. The van der Waals surface area contributed by atoms with Crippen LogP contribution in [0.25, 0.3) is 0 Å². The Morgan fingerprint density at radius 1 is 1.29 bits per heavy atom. The zero-order chi connectivity index (χ0) is 15.6. The summed E-state index contributed by atoms with van der Waals surface area (Å²) in [6, 6.07) is 0. The molecule has 0 aromatic heterocycles. The number of fused-ring (bicyclic) bond motifs is 1. The van der Waals surface area contributed by atoms with Crippen LogP contribution in [0.1, 0.15) is 41.0 Å². The Labute approximate surface area is 127 Å². The van der Waals surface area contributed by atoms with Crippen molar-refractivity contribution in [3.63, 3.8) is 0 Å². The van der Waals surface area contributed by atoms with Gasteiger partial charge in [0.25, 0.3) is 0 Å². The van der Waals surface area contributed by atoms with Crippen molar-refractivity contribution in [1.82, 2.24) is 4.90 Å². The summed E-state index contributed by atoms with van der Waals surface area (Å²) in [7, 11) is 0. The maximum Gasteiger partial charge on any atom is 0.243 e. The van der Waals surface area contributed by atoms with Gasteiger partial charge in [-0.05, 0) is 27.2 Å². The lowest BCUT2D eigenvalue weighted by Crippen LogP contribution is -2.81. The molecule has 2 heterocycles. The number of carbonyl (C=O) groups excluding carboxylic acids is 1.